The zero-order valence-corrected chi connectivity index (χ0v) is 13.2. The van der Waals surface area contributed by atoms with Gasteiger partial charge in [0.1, 0.15) is 5.75 Å². The quantitative estimate of drug-likeness (QED) is 0.798. The van der Waals surface area contributed by atoms with E-state index in [0.717, 1.165) is 11.3 Å². The van der Waals surface area contributed by atoms with Crippen molar-refractivity contribution in [3.8, 4) is 5.75 Å². The van der Waals surface area contributed by atoms with E-state index in [1.54, 1.807) is 21.0 Å². The third kappa shape index (κ3) is 5.13. The summed E-state index contributed by atoms with van der Waals surface area (Å²) < 4.78 is 28.8. The highest BCUT2D eigenvalue weighted by Crippen LogP contribution is 2.18. The molecule has 0 saturated heterocycles. The first-order chi connectivity index (χ1) is 9.39. The van der Waals surface area contributed by atoms with Crippen molar-refractivity contribution in [3.63, 3.8) is 0 Å². The Labute approximate surface area is 121 Å². The molecule has 0 radical (unpaired) electrons. The topological polar surface area (TPSA) is 63.6 Å². The molecule has 0 aliphatic rings. The number of aliphatic hydroxyl groups is 1. The summed E-state index contributed by atoms with van der Waals surface area (Å²) in [7, 11) is -1.44. The maximum atomic E-state index is 11.8. The van der Waals surface area contributed by atoms with Crippen LogP contribution in [0.15, 0.2) is 24.3 Å². The minimum atomic E-state index is -3.04. The van der Waals surface area contributed by atoms with E-state index >= 15 is 0 Å². The summed E-state index contributed by atoms with van der Waals surface area (Å²) in [5.74, 6) is 0.851. The van der Waals surface area contributed by atoms with E-state index in [1.807, 2.05) is 24.3 Å². The van der Waals surface area contributed by atoms with E-state index < -0.39 is 9.84 Å². The van der Waals surface area contributed by atoms with Gasteiger partial charge in [0.2, 0.25) is 0 Å². The Kier molecular flexibility index (Phi) is 6.49. The highest BCUT2D eigenvalue weighted by Gasteiger charge is 2.19. The molecule has 0 amide bonds. The van der Waals surface area contributed by atoms with Crippen LogP contribution in [0.3, 0.4) is 0 Å². The molecule has 1 N–H and O–H groups in total. The van der Waals surface area contributed by atoms with Gasteiger partial charge in [0.25, 0.3) is 0 Å². The van der Waals surface area contributed by atoms with E-state index in [1.165, 1.54) is 0 Å². The number of hydrogen-bond acceptors (Lipinski definition) is 4. The molecular formula is C15H24O4S. The molecular weight excluding hydrogens is 276 g/mol. The van der Waals surface area contributed by atoms with Gasteiger partial charge >= 0.3 is 0 Å². The Balaban J connectivity index is 2.63. The van der Waals surface area contributed by atoms with Gasteiger partial charge in [0, 0.05) is 6.61 Å². The van der Waals surface area contributed by atoms with Crippen LogP contribution in [0.2, 0.25) is 0 Å². The van der Waals surface area contributed by atoms with Crippen molar-refractivity contribution in [1.82, 2.24) is 0 Å². The van der Waals surface area contributed by atoms with Gasteiger partial charge in [-0.2, -0.15) is 0 Å². The Hall–Kier alpha value is -1.07. The van der Waals surface area contributed by atoms with Crippen LogP contribution in [0.4, 0.5) is 0 Å². The number of aliphatic hydroxyl groups excluding tert-OH is 1. The summed E-state index contributed by atoms with van der Waals surface area (Å²) in [5.41, 5.74) is 1.05. The summed E-state index contributed by atoms with van der Waals surface area (Å²) in [6.45, 7) is 3.36. The lowest BCUT2D eigenvalue weighted by molar-refractivity contribution is 0.222. The van der Waals surface area contributed by atoms with Crippen LogP contribution >= 0.6 is 0 Å². The molecule has 1 aromatic rings. The van der Waals surface area contributed by atoms with Crippen LogP contribution < -0.4 is 4.74 Å². The van der Waals surface area contributed by atoms with Gasteiger partial charge in [0.15, 0.2) is 9.84 Å². The molecule has 0 saturated carbocycles. The number of sulfone groups is 1. The van der Waals surface area contributed by atoms with Gasteiger partial charge in [-0.15, -0.1) is 0 Å². The molecule has 0 aliphatic heterocycles. The molecule has 4 nitrogen and oxygen atoms in total. The fraction of sp³-hybridized carbons (Fsp3) is 0.600. The molecule has 1 atom stereocenters. The zero-order chi connectivity index (χ0) is 15.2. The summed E-state index contributed by atoms with van der Waals surface area (Å²) in [6, 6.07) is 7.63. The van der Waals surface area contributed by atoms with Gasteiger partial charge in [-0.25, -0.2) is 8.42 Å². The number of ether oxygens (including phenoxy) is 1. The minimum absolute atomic E-state index is 0.00910. The molecule has 5 heteroatoms. The third-order valence-corrected chi connectivity index (χ3v) is 5.69. The molecule has 20 heavy (non-hydrogen) atoms. The zero-order valence-electron chi connectivity index (χ0n) is 12.4. The Morgan fingerprint density at radius 3 is 2.55 bits per heavy atom. The smallest absolute Gasteiger partial charge is 0.152 e. The minimum Gasteiger partial charge on any atom is -0.497 e. The second kappa shape index (κ2) is 7.64. The molecule has 0 aromatic heterocycles. The van der Waals surface area contributed by atoms with Crippen LogP contribution in [0.25, 0.3) is 0 Å². The Bertz CT molecular complexity index is 508. The number of methoxy groups -OCH3 is 1. The predicted molar refractivity (Wildman–Crippen MR) is 80.8 cm³/mol. The van der Waals surface area contributed by atoms with Crippen molar-refractivity contribution in [2.24, 2.45) is 5.92 Å². The molecule has 0 fully saturated rings. The Morgan fingerprint density at radius 2 is 2.00 bits per heavy atom. The maximum Gasteiger partial charge on any atom is 0.152 e. The van der Waals surface area contributed by atoms with E-state index in [4.69, 9.17) is 4.74 Å². The molecule has 114 valence electrons. The van der Waals surface area contributed by atoms with Crippen LogP contribution in [-0.4, -0.2) is 38.2 Å². The SMILES string of the molecule is COc1cccc(CC(CO)CCS(=O)(=O)C(C)C)c1. The number of rotatable bonds is 8. The summed E-state index contributed by atoms with van der Waals surface area (Å²) in [6.07, 6.45) is 1.13. The highest BCUT2D eigenvalue weighted by molar-refractivity contribution is 7.91. The molecule has 0 spiro atoms. The normalized spacial score (nSPS) is 13.4. The largest absolute Gasteiger partial charge is 0.497 e. The van der Waals surface area contributed by atoms with Gasteiger partial charge < -0.3 is 9.84 Å². The van der Waals surface area contributed by atoms with Crippen molar-refractivity contribution in [2.45, 2.75) is 31.9 Å². The van der Waals surface area contributed by atoms with Crippen LogP contribution in [-0.2, 0) is 16.3 Å². The van der Waals surface area contributed by atoms with E-state index in [-0.39, 0.29) is 23.5 Å². The average molecular weight is 300 g/mol. The van der Waals surface area contributed by atoms with Crippen molar-refractivity contribution in [2.75, 3.05) is 19.5 Å². The molecule has 1 aromatic carbocycles. The molecule has 1 rings (SSSR count). The summed E-state index contributed by atoms with van der Waals surface area (Å²) >= 11 is 0. The summed E-state index contributed by atoms with van der Waals surface area (Å²) in [5, 5.41) is 9.06. The van der Waals surface area contributed by atoms with Gasteiger partial charge in [0.05, 0.1) is 18.1 Å². The van der Waals surface area contributed by atoms with E-state index in [0.29, 0.717) is 12.8 Å². The molecule has 1 unspecified atom stereocenters. The van der Waals surface area contributed by atoms with Crippen LogP contribution in [0.1, 0.15) is 25.8 Å². The first kappa shape index (κ1) is 17.0. The number of benzene rings is 1. The third-order valence-electron chi connectivity index (χ3n) is 3.45. The first-order valence-corrected chi connectivity index (χ1v) is 8.56. The van der Waals surface area contributed by atoms with Gasteiger partial charge in [-0.1, -0.05) is 12.1 Å². The summed E-state index contributed by atoms with van der Waals surface area (Å²) in [4.78, 5) is 0. The lowest BCUT2D eigenvalue weighted by atomic mass is 9.97. The monoisotopic (exact) mass is 300 g/mol. The second-order valence-corrected chi connectivity index (χ2v) is 7.99. The fourth-order valence-corrected chi connectivity index (χ4v) is 3.09. The number of hydrogen-bond donors (Lipinski definition) is 1. The average Bonchev–Trinajstić information content (AvgIpc) is 2.43. The molecule has 0 aliphatic carbocycles. The first-order valence-electron chi connectivity index (χ1n) is 6.84. The van der Waals surface area contributed by atoms with Crippen molar-refractivity contribution >= 4 is 9.84 Å². The van der Waals surface area contributed by atoms with Crippen molar-refractivity contribution in [3.05, 3.63) is 29.8 Å². The fourth-order valence-electron chi connectivity index (χ4n) is 1.96. The van der Waals surface area contributed by atoms with Gasteiger partial charge in [-0.3, -0.25) is 0 Å². The Morgan fingerprint density at radius 1 is 1.30 bits per heavy atom. The van der Waals surface area contributed by atoms with Gasteiger partial charge in [-0.05, 0) is 50.3 Å². The highest BCUT2D eigenvalue weighted by atomic mass is 32.2. The lowest BCUT2D eigenvalue weighted by Gasteiger charge is -2.16. The van der Waals surface area contributed by atoms with E-state index in [2.05, 4.69) is 0 Å². The second-order valence-electron chi connectivity index (χ2n) is 5.31. The van der Waals surface area contributed by atoms with Crippen LogP contribution in [0, 0.1) is 5.92 Å². The lowest BCUT2D eigenvalue weighted by Crippen LogP contribution is -2.21. The van der Waals surface area contributed by atoms with Crippen molar-refractivity contribution < 1.29 is 18.3 Å². The standard InChI is InChI=1S/C15H24O4S/c1-12(2)20(17,18)8-7-14(11-16)9-13-5-4-6-15(10-13)19-3/h4-6,10,12,14,16H,7-9,11H2,1-3H3. The molecule has 0 heterocycles. The van der Waals surface area contributed by atoms with Crippen molar-refractivity contribution in [1.29, 1.82) is 0 Å². The molecule has 0 bridgehead atoms. The van der Waals surface area contributed by atoms with Crippen LogP contribution in [0.5, 0.6) is 5.75 Å². The maximum absolute atomic E-state index is 11.8. The predicted octanol–water partition coefficient (Wildman–Crippen LogP) is 2.06. The van der Waals surface area contributed by atoms with E-state index in [9.17, 15) is 13.5 Å².